The van der Waals surface area contributed by atoms with Crippen LogP contribution in [0.1, 0.15) is 16.8 Å². The zero-order valence-electron chi connectivity index (χ0n) is 19.7. The van der Waals surface area contributed by atoms with Crippen LogP contribution in [-0.4, -0.2) is 42.0 Å². The maximum Gasteiger partial charge on any atom is 0.263 e. The summed E-state index contributed by atoms with van der Waals surface area (Å²) in [5, 5.41) is 13.4. The predicted molar refractivity (Wildman–Crippen MR) is 139 cm³/mol. The largest absolute Gasteiger partial charge is 0.482 e. The highest BCUT2D eigenvalue weighted by atomic mass is 35.5. The molecular formula is C25H21Cl2N7O2. The van der Waals surface area contributed by atoms with E-state index in [4.69, 9.17) is 27.9 Å². The number of carbonyl (C=O) groups excluding carboxylic acids is 1. The molecule has 0 saturated carbocycles. The molecule has 182 valence electrons. The minimum Gasteiger partial charge on any atom is -0.482 e. The van der Waals surface area contributed by atoms with Crippen LogP contribution in [0, 0.1) is 20.8 Å². The highest BCUT2D eigenvalue weighted by Gasteiger charge is 2.19. The van der Waals surface area contributed by atoms with Crippen molar-refractivity contribution in [2.45, 2.75) is 20.8 Å². The van der Waals surface area contributed by atoms with Crippen molar-refractivity contribution in [2.75, 3.05) is 11.9 Å². The Kier molecular flexibility index (Phi) is 6.34. The van der Waals surface area contributed by atoms with E-state index >= 15 is 0 Å². The van der Waals surface area contributed by atoms with Crippen LogP contribution in [0.2, 0.25) is 10.0 Å². The second-order valence-electron chi connectivity index (χ2n) is 8.20. The number of nitrogens with zero attached hydrogens (tertiary/aromatic N) is 6. The number of carbonyl (C=O) groups is 1. The predicted octanol–water partition coefficient (Wildman–Crippen LogP) is 5.25. The van der Waals surface area contributed by atoms with E-state index < -0.39 is 5.91 Å². The first kappa shape index (κ1) is 23.8. The fourth-order valence-electron chi connectivity index (χ4n) is 3.81. The van der Waals surface area contributed by atoms with Crippen LogP contribution in [0.4, 0.5) is 5.82 Å². The Morgan fingerprint density at radius 1 is 1.06 bits per heavy atom. The highest BCUT2D eigenvalue weighted by molar-refractivity contribution is 6.35. The third-order valence-electron chi connectivity index (χ3n) is 5.70. The van der Waals surface area contributed by atoms with E-state index in [1.807, 2.05) is 26.0 Å². The van der Waals surface area contributed by atoms with E-state index in [-0.39, 0.29) is 6.61 Å². The lowest BCUT2D eigenvalue weighted by Gasteiger charge is -2.11. The Bertz CT molecular complexity index is 1610. The fraction of sp³-hybridized carbons (Fsp3) is 0.160. The topological polar surface area (TPSA) is 99.7 Å². The summed E-state index contributed by atoms with van der Waals surface area (Å²) < 4.78 is 8.89. The zero-order valence-corrected chi connectivity index (χ0v) is 21.2. The molecular weight excluding hydrogens is 501 g/mol. The normalized spacial score (nSPS) is 11.1. The van der Waals surface area contributed by atoms with Gasteiger partial charge in [0.2, 0.25) is 0 Å². The van der Waals surface area contributed by atoms with Crippen LogP contribution < -0.4 is 10.1 Å². The SMILES string of the molecule is Cc1cc(NC(=O)COc2ccc(Cl)cc2Cl)n(-c2ncnc3c2cnn3-c2cccc(C)c2C)n1. The Morgan fingerprint density at radius 3 is 2.69 bits per heavy atom. The number of benzene rings is 2. The van der Waals surface area contributed by atoms with E-state index in [9.17, 15) is 4.79 Å². The Morgan fingerprint density at radius 2 is 1.89 bits per heavy atom. The van der Waals surface area contributed by atoms with Crippen LogP contribution in [0.3, 0.4) is 0 Å². The summed E-state index contributed by atoms with van der Waals surface area (Å²) in [4.78, 5) is 21.6. The van der Waals surface area contributed by atoms with Gasteiger partial charge in [-0.1, -0.05) is 35.3 Å². The van der Waals surface area contributed by atoms with E-state index in [2.05, 4.69) is 38.5 Å². The maximum absolute atomic E-state index is 12.7. The third-order valence-corrected chi connectivity index (χ3v) is 6.23. The molecule has 0 aliphatic carbocycles. The number of amides is 1. The molecule has 9 nitrogen and oxygen atoms in total. The molecule has 0 atom stereocenters. The van der Waals surface area contributed by atoms with Gasteiger partial charge in [-0.25, -0.2) is 14.6 Å². The van der Waals surface area contributed by atoms with Crippen molar-refractivity contribution in [1.82, 2.24) is 29.5 Å². The minimum atomic E-state index is -0.390. The lowest BCUT2D eigenvalue weighted by Crippen LogP contribution is -2.22. The van der Waals surface area contributed by atoms with E-state index in [1.165, 1.54) is 6.33 Å². The van der Waals surface area contributed by atoms with Gasteiger partial charge < -0.3 is 10.1 Å². The van der Waals surface area contributed by atoms with Crippen LogP contribution in [0.15, 0.2) is 55.0 Å². The van der Waals surface area contributed by atoms with Crippen LogP contribution in [0.25, 0.3) is 22.5 Å². The molecule has 0 unspecified atom stereocenters. The van der Waals surface area contributed by atoms with E-state index in [0.717, 1.165) is 16.8 Å². The second kappa shape index (κ2) is 9.60. The Labute approximate surface area is 216 Å². The van der Waals surface area contributed by atoms with Crippen molar-refractivity contribution in [3.8, 4) is 17.3 Å². The molecule has 0 spiro atoms. The summed E-state index contributed by atoms with van der Waals surface area (Å²) >= 11 is 12.0. The molecule has 36 heavy (non-hydrogen) atoms. The molecule has 1 N–H and O–H groups in total. The lowest BCUT2D eigenvalue weighted by atomic mass is 10.1. The average Bonchev–Trinajstić information content (AvgIpc) is 3.43. The first-order chi connectivity index (χ1) is 17.3. The molecule has 0 aliphatic rings. The summed E-state index contributed by atoms with van der Waals surface area (Å²) in [7, 11) is 0. The smallest absolute Gasteiger partial charge is 0.263 e. The Balaban J connectivity index is 1.44. The number of aryl methyl sites for hydroxylation is 2. The molecule has 0 saturated heterocycles. The van der Waals surface area contributed by atoms with Gasteiger partial charge in [-0.05, 0) is 56.2 Å². The van der Waals surface area contributed by atoms with Crippen molar-refractivity contribution in [3.05, 3.63) is 81.9 Å². The van der Waals surface area contributed by atoms with Crippen molar-refractivity contribution in [1.29, 1.82) is 0 Å². The van der Waals surface area contributed by atoms with Crippen LogP contribution in [-0.2, 0) is 4.79 Å². The molecule has 0 fully saturated rings. The number of hydrogen-bond acceptors (Lipinski definition) is 6. The summed E-state index contributed by atoms with van der Waals surface area (Å²) in [6.07, 6.45) is 3.15. The van der Waals surface area contributed by atoms with Crippen molar-refractivity contribution in [3.63, 3.8) is 0 Å². The van der Waals surface area contributed by atoms with Crippen LogP contribution >= 0.6 is 23.2 Å². The Hall–Kier alpha value is -3.95. The zero-order chi connectivity index (χ0) is 25.4. The maximum atomic E-state index is 12.7. The monoisotopic (exact) mass is 521 g/mol. The van der Waals surface area contributed by atoms with Gasteiger partial charge in [0.25, 0.3) is 5.91 Å². The molecule has 5 aromatic rings. The van der Waals surface area contributed by atoms with Gasteiger partial charge in [-0.2, -0.15) is 14.9 Å². The number of fused-ring (bicyclic) bond motifs is 1. The molecule has 1 amide bonds. The van der Waals surface area contributed by atoms with Gasteiger partial charge in [0.15, 0.2) is 18.1 Å². The van der Waals surface area contributed by atoms with Gasteiger partial charge in [-0.3, -0.25) is 4.79 Å². The van der Waals surface area contributed by atoms with Crippen molar-refractivity contribution in [2.24, 2.45) is 0 Å². The summed E-state index contributed by atoms with van der Waals surface area (Å²) in [6, 6.07) is 12.6. The summed E-state index contributed by atoms with van der Waals surface area (Å²) in [5.74, 6) is 0.889. The third kappa shape index (κ3) is 4.50. The van der Waals surface area contributed by atoms with Crippen LogP contribution in [0.5, 0.6) is 5.75 Å². The number of halogens is 2. The van der Waals surface area contributed by atoms with Gasteiger partial charge in [0.05, 0.1) is 28.0 Å². The molecule has 11 heteroatoms. The number of hydrogen-bond donors (Lipinski definition) is 1. The first-order valence-electron chi connectivity index (χ1n) is 11.0. The molecule has 3 aromatic heterocycles. The van der Waals surface area contributed by atoms with Gasteiger partial charge in [0, 0.05) is 11.1 Å². The van der Waals surface area contributed by atoms with Gasteiger partial charge in [0.1, 0.15) is 17.9 Å². The number of ether oxygens (including phenoxy) is 1. The number of rotatable bonds is 6. The number of anilines is 1. The number of nitrogens with one attached hydrogen (secondary N) is 1. The first-order valence-corrected chi connectivity index (χ1v) is 11.8. The molecule has 3 heterocycles. The van der Waals surface area contributed by atoms with Gasteiger partial charge >= 0.3 is 0 Å². The average molecular weight is 522 g/mol. The minimum absolute atomic E-state index is 0.255. The molecule has 0 bridgehead atoms. The van der Waals surface area contributed by atoms with E-state index in [1.54, 1.807) is 39.8 Å². The molecule has 2 aromatic carbocycles. The highest BCUT2D eigenvalue weighted by Crippen LogP contribution is 2.28. The van der Waals surface area contributed by atoms with E-state index in [0.29, 0.717) is 44.2 Å². The van der Waals surface area contributed by atoms with Gasteiger partial charge in [-0.15, -0.1) is 0 Å². The fourth-order valence-corrected chi connectivity index (χ4v) is 4.27. The quantitative estimate of drug-likeness (QED) is 0.327. The molecule has 0 radical (unpaired) electrons. The lowest BCUT2D eigenvalue weighted by molar-refractivity contribution is -0.118. The summed E-state index contributed by atoms with van der Waals surface area (Å²) in [6.45, 7) is 5.67. The molecule has 0 aliphatic heterocycles. The number of aromatic nitrogens is 6. The standard InChI is InChI=1S/C25H21Cl2N7O2/c1-14-5-4-6-20(16(14)3)33-24-18(11-30-33)25(29-13-28-24)34-22(9-15(2)32-34)31-23(35)12-36-21-8-7-17(26)10-19(21)27/h4-11,13H,12H2,1-3H3,(H,31,35). The van der Waals surface area contributed by atoms with Crippen molar-refractivity contribution < 1.29 is 9.53 Å². The molecule has 5 rings (SSSR count). The van der Waals surface area contributed by atoms with Crippen molar-refractivity contribution >= 4 is 46.0 Å². The second-order valence-corrected chi connectivity index (χ2v) is 9.05. The summed E-state index contributed by atoms with van der Waals surface area (Å²) in [5.41, 5.74) is 4.50.